The second-order valence-electron chi connectivity index (χ2n) is 4.01. The average Bonchev–Trinajstić information content (AvgIpc) is 2.29. The maximum Gasteiger partial charge on any atom is 0.127 e. The number of nitrogens with two attached hydrogens (primary N) is 1. The topological polar surface area (TPSA) is 35.2 Å². The minimum Gasteiger partial charge on any atom is -0.486 e. The van der Waals surface area contributed by atoms with Gasteiger partial charge in [0.25, 0.3) is 0 Å². The largest absolute Gasteiger partial charge is 0.486 e. The van der Waals surface area contributed by atoms with Gasteiger partial charge in [0.2, 0.25) is 0 Å². The second-order valence-corrected chi connectivity index (χ2v) is 4.01. The summed E-state index contributed by atoms with van der Waals surface area (Å²) in [5.41, 5.74) is 6.24. The highest BCUT2D eigenvalue weighted by atomic mass is 19.1. The maximum atomic E-state index is 13.2. The van der Waals surface area contributed by atoms with E-state index in [4.69, 9.17) is 10.5 Å². The van der Waals surface area contributed by atoms with Gasteiger partial charge in [0.1, 0.15) is 17.7 Å². The number of hydrogen-bond donors (Lipinski definition) is 1. The number of hydrogen-bond acceptors (Lipinski definition) is 2. The summed E-state index contributed by atoms with van der Waals surface area (Å²) in [7, 11) is 0. The van der Waals surface area contributed by atoms with Crippen LogP contribution in [0.2, 0.25) is 0 Å². The first kappa shape index (κ1) is 11.1. The molecule has 0 spiro atoms. The molecule has 3 heteroatoms. The molecule has 0 saturated carbocycles. The van der Waals surface area contributed by atoms with Crippen molar-refractivity contribution in [1.29, 1.82) is 0 Å². The van der Waals surface area contributed by atoms with E-state index in [0.29, 0.717) is 12.3 Å². The van der Waals surface area contributed by atoms with Crippen molar-refractivity contribution in [3.8, 4) is 5.75 Å². The van der Waals surface area contributed by atoms with Crippen molar-refractivity contribution < 1.29 is 9.13 Å². The zero-order valence-electron chi connectivity index (χ0n) is 9.16. The number of benzene rings is 1. The zero-order chi connectivity index (χ0) is 11.4. The van der Waals surface area contributed by atoms with Crippen molar-refractivity contribution in [2.45, 2.75) is 31.9 Å². The molecule has 1 aliphatic rings. The maximum absolute atomic E-state index is 13.2. The first-order valence-electron chi connectivity index (χ1n) is 5.61. The highest BCUT2D eigenvalue weighted by molar-refractivity contribution is 5.30. The molecule has 2 rings (SSSR count). The summed E-state index contributed by atoms with van der Waals surface area (Å²) in [4.78, 5) is 0. The van der Waals surface area contributed by atoms with Crippen molar-refractivity contribution in [1.82, 2.24) is 0 Å². The molecular weight excluding hydrogens is 205 g/mol. The molecule has 86 valence electrons. The quantitative estimate of drug-likeness (QED) is 0.796. The predicted octanol–water partition coefficient (Wildman–Crippen LogP) is 2.77. The zero-order valence-corrected chi connectivity index (χ0v) is 9.16. The van der Waals surface area contributed by atoms with Crippen molar-refractivity contribution in [3.63, 3.8) is 0 Å². The smallest absolute Gasteiger partial charge is 0.127 e. The lowest BCUT2D eigenvalue weighted by Crippen LogP contribution is -2.16. The summed E-state index contributed by atoms with van der Waals surface area (Å²) in [6, 6.07) is 4.64. The van der Waals surface area contributed by atoms with Gasteiger partial charge in [0.05, 0.1) is 0 Å². The molecule has 0 radical (unpaired) electrons. The Morgan fingerprint density at radius 1 is 1.38 bits per heavy atom. The van der Waals surface area contributed by atoms with E-state index >= 15 is 0 Å². The normalized spacial score (nSPS) is 19.8. The summed E-state index contributed by atoms with van der Waals surface area (Å²) in [5.74, 6) is 0.273. The van der Waals surface area contributed by atoms with Crippen LogP contribution in [0.3, 0.4) is 0 Å². The Labute approximate surface area is 94.9 Å². The van der Waals surface area contributed by atoms with Crippen LogP contribution < -0.4 is 10.5 Å². The summed E-state index contributed by atoms with van der Waals surface area (Å²) < 4.78 is 18.9. The van der Waals surface area contributed by atoms with Crippen LogP contribution in [-0.4, -0.2) is 6.10 Å². The van der Waals surface area contributed by atoms with E-state index in [0.717, 1.165) is 24.8 Å². The molecule has 0 heterocycles. The Balaban J connectivity index is 2.10. The third kappa shape index (κ3) is 2.83. The van der Waals surface area contributed by atoms with Gasteiger partial charge in [0.15, 0.2) is 0 Å². The highest BCUT2D eigenvalue weighted by Crippen LogP contribution is 2.21. The fourth-order valence-corrected chi connectivity index (χ4v) is 1.86. The minimum atomic E-state index is -0.294. The van der Waals surface area contributed by atoms with Crippen LogP contribution in [0.5, 0.6) is 5.75 Å². The molecule has 1 aromatic rings. The summed E-state index contributed by atoms with van der Waals surface area (Å²) in [6.45, 7) is 0.328. The van der Waals surface area contributed by atoms with Crippen molar-refractivity contribution >= 4 is 0 Å². The first-order chi connectivity index (χ1) is 7.78. The molecular formula is C13H16FNO. The van der Waals surface area contributed by atoms with Gasteiger partial charge in [-0.3, -0.25) is 0 Å². The third-order valence-electron chi connectivity index (χ3n) is 2.66. The predicted molar refractivity (Wildman–Crippen MR) is 61.7 cm³/mol. The van der Waals surface area contributed by atoms with Crippen LogP contribution in [-0.2, 0) is 6.54 Å². The van der Waals surface area contributed by atoms with Gasteiger partial charge in [-0.2, -0.15) is 0 Å². The number of rotatable bonds is 3. The first-order valence-corrected chi connectivity index (χ1v) is 5.61. The van der Waals surface area contributed by atoms with Gasteiger partial charge in [0, 0.05) is 12.6 Å². The molecule has 0 bridgehead atoms. The lowest BCUT2D eigenvalue weighted by Gasteiger charge is -2.18. The van der Waals surface area contributed by atoms with E-state index < -0.39 is 0 Å². The summed E-state index contributed by atoms with van der Waals surface area (Å²) >= 11 is 0. The van der Waals surface area contributed by atoms with Crippen molar-refractivity contribution in [2.24, 2.45) is 5.73 Å². The Morgan fingerprint density at radius 2 is 2.25 bits per heavy atom. The van der Waals surface area contributed by atoms with Crippen LogP contribution >= 0.6 is 0 Å². The van der Waals surface area contributed by atoms with Gasteiger partial charge in [-0.15, -0.1) is 0 Å². The Kier molecular flexibility index (Phi) is 3.57. The van der Waals surface area contributed by atoms with Gasteiger partial charge >= 0.3 is 0 Å². The van der Waals surface area contributed by atoms with Crippen LogP contribution in [0.1, 0.15) is 24.8 Å². The SMILES string of the molecule is NCc1cc(F)cc(OC2C=CCCC2)c1. The van der Waals surface area contributed by atoms with Crippen LogP contribution in [0.4, 0.5) is 4.39 Å². The second kappa shape index (κ2) is 5.12. The fourth-order valence-electron chi connectivity index (χ4n) is 1.86. The van der Waals surface area contributed by atoms with Crippen LogP contribution in [0.15, 0.2) is 30.4 Å². The van der Waals surface area contributed by atoms with E-state index in [1.165, 1.54) is 12.1 Å². The Morgan fingerprint density at radius 3 is 2.94 bits per heavy atom. The average molecular weight is 221 g/mol. The van der Waals surface area contributed by atoms with Crippen LogP contribution in [0.25, 0.3) is 0 Å². The van der Waals surface area contributed by atoms with E-state index in [1.807, 2.05) is 6.08 Å². The molecule has 0 aliphatic heterocycles. The summed E-state index contributed by atoms with van der Waals surface area (Å²) in [5, 5.41) is 0. The lowest BCUT2D eigenvalue weighted by atomic mass is 10.1. The number of allylic oxidation sites excluding steroid dienone is 1. The molecule has 2 nitrogen and oxygen atoms in total. The fraction of sp³-hybridized carbons (Fsp3) is 0.385. The third-order valence-corrected chi connectivity index (χ3v) is 2.66. The van der Waals surface area contributed by atoms with Gasteiger partial charge in [-0.05, 0) is 43.0 Å². The molecule has 0 saturated heterocycles. The van der Waals surface area contributed by atoms with Crippen molar-refractivity contribution in [3.05, 3.63) is 41.7 Å². The molecule has 1 aromatic carbocycles. The van der Waals surface area contributed by atoms with Crippen LogP contribution in [0, 0.1) is 5.82 Å². The molecule has 0 amide bonds. The number of ether oxygens (including phenoxy) is 1. The lowest BCUT2D eigenvalue weighted by molar-refractivity contribution is 0.229. The molecule has 16 heavy (non-hydrogen) atoms. The molecule has 2 N–H and O–H groups in total. The van der Waals surface area contributed by atoms with E-state index in [2.05, 4.69) is 6.08 Å². The molecule has 1 unspecified atom stereocenters. The highest BCUT2D eigenvalue weighted by Gasteiger charge is 2.10. The standard InChI is InChI=1S/C13H16FNO/c14-11-6-10(9-15)7-13(8-11)16-12-4-2-1-3-5-12/h2,4,6-8,12H,1,3,5,9,15H2. The molecule has 0 fully saturated rings. The monoisotopic (exact) mass is 221 g/mol. The Hall–Kier alpha value is -1.35. The van der Waals surface area contributed by atoms with Gasteiger partial charge < -0.3 is 10.5 Å². The van der Waals surface area contributed by atoms with Crippen molar-refractivity contribution in [2.75, 3.05) is 0 Å². The van der Waals surface area contributed by atoms with Gasteiger partial charge in [-0.25, -0.2) is 4.39 Å². The Bertz CT molecular complexity index is 390. The number of halogens is 1. The van der Waals surface area contributed by atoms with E-state index in [9.17, 15) is 4.39 Å². The molecule has 1 aliphatic carbocycles. The minimum absolute atomic E-state index is 0.0705. The van der Waals surface area contributed by atoms with E-state index in [1.54, 1.807) is 6.07 Å². The summed E-state index contributed by atoms with van der Waals surface area (Å²) in [6.07, 6.45) is 7.44. The molecule has 0 aromatic heterocycles. The van der Waals surface area contributed by atoms with Gasteiger partial charge in [-0.1, -0.05) is 6.08 Å². The molecule has 1 atom stereocenters. The van der Waals surface area contributed by atoms with E-state index in [-0.39, 0.29) is 11.9 Å².